The molecular weight excluding hydrogens is 224 g/mol. The van der Waals surface area contributed by atoms with Crippen LogP contribution in [0.25, 0.3) is 0 Å². The molecule has 1 aromatic rings. The molecule has 1 heterocycles. The third-order valence-electron chi connectivity index (χ3n) is 3.58. The minimum Gasteiger partial charge on any atom is -0.331 e. The van der Waals surface area contributed by atoms with Crippen molar-refractivity contribution in [2.45, 2.75) is 32.7 Å². The highest BCUT2D eigenvalue weighted by molar-refractivity contribution is 5.74. The lowest BCUT2D eigenvalue weighted by Crippen LogP contribution is -2.45. The Kier molecular flexibility index (Phi) is 4.24. The van der Waals surface area contributed by atoms with E-state index >= 15 is 0 Å². The van der Waals surface area contributed by atoms with Gasteiger partial charge in [0.1, 0.15) is 0 Å². The van der Waals surface area contributed by atoms with E-state index < -0.39 is 0 Å². The second kappa shape index (κ2) is 5.89. The van der Waals surface area contributed by atoms with Crippen molar-refractivity contribution in [3.8, 4) is 0 Å². The summed E-state index contributed by atoms with van der Waals surface area (Å²) in [5, 5.41) is 3.07. The molecule has 2 atom stereocenters. The zero-order valence-corrected chi connectivity index (χ0v) is 11.2. The van der Waals surface area contributed by atoms with Gasteiger partial charge in [0, 0.05) is 13.1 Å². The fourth-order valence-electron chi connectivity index (χ4n) is 2.48. The number of hydrogen-bond donors (Lipinski definition) is 1. The summed E-state index contributed by atoms with van der Waals surface area (Å²) in [6.45, 7) is 6.01. The summed E-state index contributed by atoms with van der Waals surface area (Å²) in [4.78, 5) is 14.1. The van der Waals surface area contributed by atoms with Crippen molar-refractivity contribution in [3.63, 3.8) is 0 Å². The maximum atomic E-state index is 12.1. The van der Waals surface area contributed by atoms with Gasteiger partial charge in [0.2, 0.25) is 0 Å². The van der Waals surface area contributed by atoms with Gasteiger partial charge in [-0.3, -0.25) is 0 Å². The lowest BCUT2D eigenvalue weighted by atomic mass is 10.0. The monoisotopic (exact) mass is 246 g/mol. The molecule has 1 N–H and O–H groups in total. The molecule has 0 radical (unpaired) electrons. The first-order valence-electron chi connectivity index (χ1n) is 6.77. The third kappa shape index (κ3) is 3.25. The molecule has 98 valence electrons. The lowest BCUT2D eigenvalue weighted by Gasteiger charge is -2.32. The van der Waals surface area contributed by atoms with Crippen molar-refractivity contribution in [2.24, 2.45) is 5.92 Å². The van der Waals surface area contributed by atoms with Crippen LogP contribution in [-0.4, -0.2) is 24.0 Å². The summed E-state index contributed by atoms with van der Waals surface area (Å²) in [7, 11) is 0. The Morgan fingerprint density at radius 1 is 1.39 bits per heavy atom. The van der Waals surface area contributed by atoms with Crippen molar-refractivity contribution in [1.82, 2.24) is 10.2 Å². The number of nitrogens with one attached hydrogen (secondary N) is 1. The number of carbonyl (C=O) groups is 1. The SMILES string of the molecule is CC1CCCN(C(=O)NC(C)c2ccccc2)C1. The van der Waals surface area contributed by atoms with Crippen LogP contribution in [0.3, 0.4) is 0 Å². The molecule has 0 spiro atoms. The van der Waals surface area contributed by atoms with Gasteiger partial charge in [-0.25, -0.2) is 4.79 Å². The predicted octanol–water partition coefficient (Wildman–Crippen LogP) is 3.19. The van der Waals surface area contributed by atoms with Crippen LogP contribution < -0.4 is 5.32 Å². The van der Waals surface area contributed by atoms with Crippen LogP contribution in [-0.2, 0) is 0 Å². The minimum atomic E-state index is 0.0657. The van der Waals surface area contributed by atoms with Crippen LogP contribution in [0.5, 0.6) is 0 Å². The Balaban J connectivity index is 1.91. The summed E-state index contributed by atoms with van der Waals surface area (Å²) in [5.74, 6) is 0.622. The number of carbonyl (C=O) groups excluding carboxylic acids is 1. The van der Waals surface area contributed by atoms with E-state index in [1.54, 1.807) is 0 Å². The van der Waals surface area contributed by atoms with Gasteiger partial charge >= 0.3 is 6.03 Å². The Hall–Kier alpha value is -1.51. The van der Waals surface area contributed by atoms with E-state index in [2.05, 4.69) is 12.2 Å². The van der Waals surface area contributed by atoms with Gasteiger partial charge < -0.3 is 10.2 Å². The molecule has 18 heavy (non-hydrogen) atoms. The first-order chi connectivity index (χ1) is 8.66. The number of rotatable bonds is 2. The zero-order chi connectivity index (χ0) is 13.0. The topological polar surface area (TPSA) is 32.3 Å². The highest BCUT2D eigenvalue weighted by atomic mass is 16.2. The first-order valence-corrected chi connectivity index (χ1v) is 6.77. The Bertz CT molecular complexity index is 391. The molecule has 3 nitrogen and oxygen atoms in total. The van der Waals surface area contributed by atoms with Crippen LogP contribution >= 0.6 is 0 Å². The van der Waals surface area contributed by atoms with Gasteiger partial charge in [-0.1, -0.05) is 37.3 Å². The standard InChI is InChI=1S/C15H22N2O/c1-12-7-6-10-17(11-12)15(18)16-13(2)14-8-4-3-5-9-14/h3-5,8-9,12-13H,6-7,10-11H2,1-2H3,(H,16,18). The second-order valence-electron chi connectivity index (χ2n) is 5.28. The fourth-order valence-corrected chi connectivity index (χ4v) is 2.48. The van der Waals surface area contributed by atoms with E-state index in [4.69, 9.17) is 0 Å². The quantitative estimate of drug-likeness (QED) is 0.854. The highest BCUT2D eigenvalue weighted by Crippen LogP contribution is 2.17. The molecule has 0 bridgehead atoms. The van der Waals surface area contributed by atoms with Crippen LogP contribution in [0, 0.1) is 5.92 Å². The molecule has 1 aliphatic rings. The van der Waals surface area contributed by atoms with E-state index in [-0.39, 0.29) is 12.1 Å². The zero-order valence-electron chi connectivity index (χ0n) is 11.2. The summed E-state index contributed by atoms with van der Waals surface area (Å²) in [5.41, 5.74) is 1.15. The van der Waals surface area contributed by atoms with Crippen molar-refractivity contribution in [2.75, 3.05) is 13.1 Å². The number of urea groups is 1. The number of hydrogen-bond acceptors (Lipinski definition) is 1. The molecule has 0 aromatic heterocycles. The van der Waals surface area contributed by atoms with Crippen molar-refractivity contribution in [3.05, 3.63) is 35.9 Å². The van der Waals surface area contributed by atoms with Crippen LogP contribution in [0.15, 0.2) is 30.3 Å². The fraction of sp³-hybridized carbons (Fsp3) is 0.533. The molecule has 0 aliphatic carbocycles. The van der Waals surface area contributed by atoms with Gasteiger partial charge in [0.25, 0.3) is 0 Å². The summed E-state index contributed by atoms with van der Waals surface area (Å²) >= 11 is 0. The molecule has 0 saturated carbocycles. The minimum absolute atomic E-state index is 0.0657. The van der Waals surface area contributed by atoms with Crippen molar-refractivity contribution in [1.29, 1.82) is 0 Å². The predicted molar refractivity (Wildman–Crippen MR) is 73.4 cm³/mol. The van der Waals surface area contributed by atoms with Gasteiger partial charge in [-0.15, -0.1) is 0 Å². The first kappa shape index (κ1) is 12.9. The van der Waals surface area contributed by atoms with E-state index in [9.17, 15) is 4.79 Å². The van der Waals surface area contributed by atoms with Crippen molar-refractivity contribution < 1.29 is 4.79 Å². The van der Waals surface area contributed by atoms with Gasteiger partial charge in [0.05, 0.1) is 6.04 Å². The second-order valence-corrected chi connectivity index (χ2v) is 5.28. The number of likely N-dealkylation sites (tertiary alicyclic amines) is 1. The summed E-state index contributed by atoms with van der Waals surface area (Å²) < 4.78 is 0. The largest absolute Gasteiger partial charge is 0.331 e. The van der Waals surface area contributed by atoms with E-state index in [0.29, 0.717) is 5.92 Å². The third-order valence-corrected chi connectivity index (χ3v) is 3.58. The Labute approximate surface area is 109 Å². The summed E-state index contributed by atoms with van der Waals surface area (Å²) in [6, 6.07) is 10.2. The van der Waals surface area contributed by atoms with Crippen LogP contribution in [0.4, 0.5) is 4.79 Å². The maximum absolute atomic E-state index is 12.1. The molecule has 1 aliphatic heterocycles. The summed E-state index contributed by atoms with van der Waals surface area (Å²) in [6.07, 6.45) is 2.35. The molecule has 1 aromatic carbocycles. The molecule has 3 heteroatoms. The van der Waals surface area contributed by atoms with Gasteiger partial charge in [-0.05, 0) is 31.2 Å². The molecule has 1 fully saturated rings. The average Bonchev–Trinajstić information content (AvgIpc) is 2.39. The van der Waals surface area contributed by atoms with Crippen LogP contribution in [0.2, 0.25) is 0 Å². The molecule has 2 unspecified atom stereocenters. The molecular formula is C15H22N2O. The number of benzene rings is 1. The van der Waals surface area contributed by atoms with E-state index in [0.717, 1.165) is 25.1 Å². The smallest absolute Gasteiger partial charge is 0.317 e. The van der Waals surface area contributed by atoms with Crippen LogP contribution in [0.1, 0.15) is 38.3 Å². The maximum Gasteiger partial charge on any atom is 0.317 e. The van der Waals surface area contributed by atoms with Gasteiger partial charge in [0.15, 0.2) is 0 Å². The molecule has 2 amide bonds. The van der Waals surface area contributed by atoms with E-state index in [1.807, 2.05) is 42.2 Å². The Morgan fingerprint density at radius 3 is 2.78 bits per heavy atom. The number of amides is 2. The lowest BCUT2D eigenvalue weighted by molar-refractivity contribution is 0.167. The van der Waals surface area contributed by atoms with Crippen molar-refractivity contribution >= 4 is 6.03 Å². The molecule has 1 saturated heterocycles. The number of nitrogens with zero attached hydrogens (tertiary/aromatic N) is 1. The average molecular weight is 246 g/mol. The van der Waals surface area contributed by atoms with E-state index in [1.165, 1.54) is 6.42 Å². The Morgan fingerprint density at radius 2 is 2.11 bits per heavy atom. The molecule has 2 rings (SSSR count). The number of piperidine rings is 1. The normalized spacial score (nSPS) is 21.4. The highest BCUT2D eigenvalue weighted by Gasteiger charge is 2.21. The van der Waals surface area contributed by atoms with Gasteiger partial charge in [-0.2, -0.15) is 0 Å².